The van der Waals surface area contributed by atoms with Crippen molar-refractivity contribution in [3.63, 3.8) is 0 Å². The van der Waals surface area contributed by atoms with Crippen molar-refractivity contribution in [2.75, 3.05) is 66.1 Å². The smallest absolute Gasteiger partial charge is 0.418 e. The summed E-state index contributed by atoms with van der Waals surface area (Å²) in [5, 5.41) is 10.7. The van der Waals surface area contributed by atoms with Gasteiger partial charge in [-0.1, -0.05) is 30.3 Å². The molecule has 26 heteroatoms. The van der Waals surface area contributed by atoms with Crippen LogP contribution in [0.15, 0.2) is 30.3 Å². The summed E-state index contributed by atoms with van der Waals surface area (Å²) in [7, 11) is -27.3. The number of hydrogen-bond donors (Lipinski definition) is 1. The van der Waals surface area contributed by atoms with Crippen molar-refractivity contribution in [1.29, 1.82) is 0 Å². The molecule has 6 rings (SSSR count). The lowest BCUT2D eigenvalue weighted by molar-refractivity contribution is 0.112. The highest BCUT2D eigenvalue weighted by Crippen LogP contribution is 2.38. The van der Waals surface area contributed by atoms with E-state index in [9.17, 15) is 5.11 Å². The number of epoxide rings is 3. The SMILES string of the molecule is C[SiH]1O[Si](C)(CCCO)O[Si](C)(CCCOCC2CO2)O[Si](C)(O[Si](C)(O[Si]2(C)O[SiH](C)O[Si](C)(CCCOCC3CO3)O[Si](C)(CCCOCC3CO3)O2)c2ccccc2)O1. The maximum Gasteiger partial charge on any atom is 0.470 e. The van der Waals surface area contributed by atoms with Crippen LogP contribution < -0.4 is 5.19 Å². The number of rotatable bonds is 26. The first-order chi connectivity index (χ1) is 29.3. The number of hydrogen-bond acceptors (Lipinski definition) is 17. The Hall–Kier alpha value is 0.492. The summed E-state index contributed by atoms with van der Waals surface area (Å²) < 4.78 is 105. The normalized spacial score (nSPS) is 39.5. The molecule has 5 heterocycles. The zero-order valence-corrected chi connectivity index (χ0v) is 47.8. The molecule has 62 heavy (non-hydrogen) atoms. The average Bonchev–Trinajstić information content (AvgIpc) is 4.00. The van der Waals surface area contributed by atoms with Crippen LogP contribution in [0.3, 0.4) is 0 Å². The maximum absolute atomic E-state index is 9.80. The highest BCUT2D eigenvalue weighted by Gasteiger charge is 2.61. The van der Waals surface area contributed by atoms with E-state index >= 15 is 0 Å². The van der Waals surface area contributed by atoms with Crippen LogP contribution in [0.5, 0.6) is 0 Å². The number of ether oxygens (including phenoxy) is 6. The molecular weight excluding hydrogens is 957 g/mol. The van der Waals surface area contributed by atoms with E-state index in [4.69, 9.17) is 69.6 Å². The second-order valence-corrected chi connectivity index (χ2v) is 45.9. The van der Waals surface area contributed by atoms with Crippen LogP contribution in [0, 0.1) is 0 Å². The van der Waals surface area contributed by atoms with Crippen LogP contribution in [0.1, 0.15) is 25.7 Å². The molecule has 0 amide bonds. The molecule has 12 unspecified atom stereocenters. The van der Waals surface area contributed by atoms with Crippen molar-refractivity contribution in [1.82, 2.24) is 0 Å². The van der Waals surface area contributed by atoms with Crippen molar-refractivity contribution >= 4 is 84.2 Å². The third-order valence-electron chi connectivity index (χ3n) is 11.0. The van der Waals surface area contributed by atoms with Crippen LogP contribution in [0.4, 0.5) is 0 Å². The molecule has 5 aliphatic heterocycles. The maximum atomic E-state index is 9.80. The Kier molecular flexibility index (Phi) is 19.0. The Balaban J connectivity index is 1.24. The molecule has 0 radical (unpaired) electrons. The Morgan fingerprint density at radius 1 is 0.565 bits per heavy atom. The predicted molar refractivity (Wildman–Crippen MR) is 251 cm³/mol. The van der Waals surface area contributed by atoms with Crippen molar-refractivity contribution in [2.24, 2.45) is 0 Å². The van der Waals surface area contributed by atoms with E-state index in [1.807, 2.05) is 63.1 Å². The molecule has 0 saturated carbocycles. The molecule has 1 aromatic carbocycles. The minimum Gasteiger partial charge on any atom is -0.418 e. The fraction of sp³-hybridized carbons (Fsp3) is 0.833. The van der Waals surface area contributed by atoms with Crippen molar-refractivity contribution in [3.8, 4) is 0 Å². The third-order valence-corrected chi connectivity index (χ3v) is 49.5. The minimum absolute atomic E-state index is 0.0546. The molecule has 5 aliphatic rings. The monoisotopic (exact) mass is 1030 g/mol. The fourth-order valence-electron chi connectivity index (χ4n) is 8.31. The van der Waals surface area contributed by atoms with Gasteiger partial charge in [-0.05, 0) is 101 Å². The van der Waals surface area contributed by atoms with Crippen molar-refractivity contribution in [3.05, 3.63) is 30.3 Å². The molecule has 17 nitrogen and oxygen atoms in total. The molecule has 0 spiro atoms. The third kappa shape index (κ3) is 17.2. The molecule has 0 aliphatic carbocycles. The first-order valence-corrected chi connectivity index (χ1v) is 43.6. The average molecular weight is 1030 g/mol. The molecule has 5 saturated heterocycles. The van der Waals surface area contributed by atoms with Gasteiger partial charge in [0.2, 0.25) is 0 Å². The van der Waals surface area contributed by atoms with E-state index in [0.29, 0.717) is 64.2 Å². The minimum atomic E-state index is -3.63. The van der Waals surface area contributed by atoms with Gasteiger partial charge >= 0.3 is 79.0 Å². The van der Waals surface area contributed by atoms with E-state index in [0.717, 1.165) is 50.3 Å². The summed E-state index contributed by atoms with van der Waals surface area (Å²) in [6, 6.07) is 12.7. The largest absolute Gasteiger partial charge is 0.470 e. The van der Waals surface area contributed by atoms with E-state index in [1.54, 1.807) is 0 Å². The molecule has 0 bridgehead atoms. The topological polar surface area (TPSA) is 178 Å². The number of benzene rings is 1. The lowest BCUT2D eigenvalue weighted by Crippen LogP contribution is -2.72. The van der Waals surface area contributed by atoms with Gasteiger partial charge in [-0.2, -0.15) is 0 Å². The zero-order chi connectivity index (χ0) is 44.5. The molecule has 1 aromatic rings. The zero-order valence-electron chi connectivity index (χ0n) is 38.5. The van der Waals surface area contributed by atoms with Gasteiger partial charge in [0.15, 0.2) is 0 Å². The predicted octanol–water partition coefficient (Wildman–Crippen LogP) is 4.08. The first kappa shape index (κ1) is 51.9. The van der Waals surface area contributed by atoms with Gasteiger partial charge < -0.3 is 74.7 Å². The summed E-state index contributed by atoms with van der Waals surface area (Å²) >= 11 is 0. The number of aliphatic hydroxyl groups is 1. The van der Waals surface area contributed by atoms with Crippen LogP contribution >= 0.6 is 0 Å². The van der Waals surface area contributed by atoms with E-state index in [1.165, 1.54) is 0 Å². The van der Waals surface area contributed by atoms with Crippen molar-refractivity contribution in [2.45, 2.75) is 127 Å². The van der Waals surface area contributed by atoms with Gasteiger partial charge in [-0.3, -0.25) is 0 Å². The molecule has 1 N–H and O–H groups in total. The molecule has 12 atom stereocenters. The Bertz CT molecular complexity index is 1530. The molecular formula is C36H74O17Si9. The fourth-order valence-corrected chi connectivity index (χ4v) is 54.0. The first-order valence-electron chi connectivity index (χ1n) is 22.5. The second kappa shape index (κ2) is 22.7. The Morgan fingerprint density at radius 2 is 0.935 bits per heavy atom. The standard InChI is InChI=1S/C36H74O17Si9/c1-54-44-56(3,23-13-19-37)48-58(5,25-15-21-39-28-34-31-42-34)50-61(8,46-54)52-60(7,36-17-11-10-12-18-36)53-62(9)47-55(2)45-57(4,24-14-20-38-27-33-30-41-33)49-59(6,51-62)26-16-22-40-29-35-32-43-35/h10-12,17-18,33-35,37,54-55H,13-16,19-32H2,1-9H3. The van der Waals surface area contributed by atoms with Crippen LogP contribution in [-0.2, 0) is 69.6 Å². The lowest BCUT2D eigenvalue weighted by atomic mass is 10.4. The van der Waals surface area contributed by atoms with E-state index in [2.05, 4.69) is 26.2 Å². The van der Waals surface area contributed by atoms with Gasteiger partial charge in [0, 0.05) is 39.5 Å². The Labute approximate surface area is 380 Å². The van der Waals surface area contributed by atoms with Crippen molar-refractivity contribution < 1.29 is 74.7 Å². The summed E-state index contributed by atoms with van der Waals surface area (Å²) in [5.41, 5.74) is 0. The molecule has 356 valence electrons. The van der Waals surface area contributed by atoms with Crippen LogP contribution in [0.2, 0.25) is 83.1 Å². The van der Waals surface area contributed by atoms with Gasteiger partial charge in [0.1, 0.15) is 18.3 Å². The van der Waals surface area contributed by atoms with Gasteiger partial charge in [0.25, 0.3) is 0 Å². The van der Waals surface area contributed by atoms with Crippen LogP contribution in [-0.4, -0.2) is 168 Å². The quantitative estimate of drug-likeness (QED) is 0.0797. The van der Waals surface area contributed by atoms with Gasteiger partial charge in [0.05, 0.1) is 39.6 Å². The summed E-state index contributed by atoms with van der Waals surface area (Å²) in [4.78, 5) is 0. The second-order valence-electron chi connectivity index (χ2n) is 18.0. The summed E-state index contributed by atoms with van der Waals surface area (Å²) in [6.07, 6.45) is 3.45. The summed E-state index contributed by atoms with van der Waals surface area (Å²) in [6.45, 7) is 24.2. The molecule has 5 fully saturated rings. The van der Waals surface area contributed by atoms with Gasteiger partial charge in [-0.25, -0.2) is 0 Å². The number of aliphatic hydroxyl groups excluding tert-OH is 1. The lowest BCUT2D eigenvalue weighted by Gasteiger charge is -2.50. The van der Waals surface area contributed by atoms with E-state index < -0.39 is 79.0 Å². The van der Waals surface area contributed by atoms with E-state index in [-0.39, 0.29) is 24.9 Å². The highest BCUT2D eigenvalue weighted by atomic mass is 28.6. The Morgan fingerprint density at radius 3 is 1.31 bits per heavy atom. The summed E-state index contributed by atoms with van der Waals surface area (Å²) in [5.74, 6) is 0. The van der Waals surface area contributed by atoms with Gasteiger partial charge in [-0.15, -0.1) is 0 Å². The molecule has 0 aromatic heterocycles. The highest BCUT2D eigenvalue weighted by molar-refractivity contribution is 6.97. The van der Waals surface area contributed by atoms with Crippen LogP contribution in [0.25, 0.3) is 0 Å².